The molecule has 0 bridgehead atoms. The minimum absolute atomic E-state index is 0.0142. The van der Waals surface area contributed by atoms with Crippen LogP contribution in [-0.2, 0) is 10.3 Å². The Morgan fingerprint density at radius 2 is 2.07 bits per heavy atom. The number of aliphatic imine (C=N–C) groups is 1. The Morgan fingerprint density at radius 1 is 1.34 bits per heavy atom. The fourth-order valence-corrected chi connectivity index (χ4v) is 4.46. The van der Waals surface area contributed by atoms with Crippen molar-refractivity contribution in [3.05, 3.63) is 29.6 Å². The van der Waals surface area contributed by atoms with Gasteiger partial charge in [0.1, 0.15) is 0 Å². The third-order valence-electron chi connectivity index (χ3n) is 6.77. The molecule has 164 valence electrons. The second-order valence-corrected chi connectivity index (χ2v) is 9.00. The first kappa shape index (κ1) is 23.6. The molecule has 1 aliphatic heterocycles. The van der Waals surface area contributed by atoms with Crippen LogP contribution in [0.1, 0.15) is 58.7 Å². The van der Waals surface area contributed by atoms with Gasteiger partial charge in [-0.1, -0.05) is 6.07 Å². The molecule has 0 radical (unpaired) electrons. The van der Waals surface area contributed by atoms with Gasteiger partial charge in [-0.05, 0) is 72.6 Å². The molecule has 1 saturated heterocycles. The molecule has 1 aromatic heterocycles. The lowest BCUT2D eigenvalue weighted by Gasteiger charge is -2.46. The van der Waals surface area contributed by atoms with Crippen LogP contribution in [0, 0.1) is 12.3 Å². The summed E-state index contributed by atoms with van der Waals surface area (Å²) in [4.78, 5) is 11.1. The maximum Gasteiger partial charge on any atom is 0.215 e. The molecular weight excluding hydrogens is 366 g/mol. The molecule has 0 aromatic carbocycles. The molecule has 0 saturated carbocycles. The topological polar surface area (TPSA) is 82.0 Å². The van der Waals surface area contributed by atoms with Gasteiger partial charge < -0.3 is 10.1 Å². The Morgan fingerprint density at radius 3 is 2.62 bits per heavy atom. The minimum atomic E-state index is -0.268. The summed E-state index contributed by atoms with van der Waals surface area (Å²) in [6.45, 7) is 16.4. The standard InChI is InChI=1S/C22H39N5O2/c1-8-29-21(5,6)22(11-13-24-19(23-7)26-28)12-14-27(16-22)20(3,4)18-10-9-17(2)25-15-18/h9-10,15,28H,8,11-14,16H2,1-7H3,(H2,23,24,26)/t22-/m0/s1. The smallest absolute Gasteiger partial charge is 0.215 e. The molecule has 0 spiro atoms. The highest BCUT2D eigenvalue weighted by atomic mass is 16.5. The van der Waals surface area contributed by atoms with E-state index < -0.39 is 0 Å². The van der Waals surface area contributed by atoms with Crippen LogP contribution in [0.2, 0.25) is 0 Å². The van der Waals surface area contributed by atoms with Gasteiger partial charge in [-0.3, -0.25) is 20.1 Å². The van der Waals surface area contributed by atoms with Gasteiger partial charge in [0, 0.05) is 49.6 Å². The second-order valence-electron chi connectivity index (χ2n) is 9.00. The maximum atomic E-state index is 9.14. The third-order valence-corrected chi connectivity index (χ3v) is 6.77. The van der Waals surface area contributed by atoms with Crippen molar-refractivity contribution in [1.82, 2.24) is 20.7 Å². The molecule has 1 aliphatic rings. The van der Waals surface area contributed by atoms with E-state index >= 15 is 0 Å². The van der Waals surface area contributed by atoms with Crippen molar-refractivity contribution in [2.75, 3.05) is 33.3 Å². The summed E-state index contributed by atoms with van der Waals surface area (Å²) in [6.07, 6.45) is 3.97. The number of hydrogen-bond donors (Lipinski definition) is 3. The first-order valence-electron chi connectivity index (χ1n) is 10.5. The zero-order valence-corrected chi connectivity index (χ0v) is 19.2. The van der Waals surface area contributed by atoms with Gasteiger partial charge in [-0.25, -0.2) is 5.48 Å². The molecule has 1 atom stereocenters. The number of nitrogens with zero attached hydrogens (tertiary/aromatic N) is 3. The summed E-state index contributed by atoms with van der Waals surface area (Å²) in [5.74, 6) is 0.385. The zero-order valence-electron chi connectivity index (χ0n) is 19.2. The quantitative estimate of drug-likeness (QED) is 0.350. The summed E-state index contributed by atoms with van der Waals surface area (Å²) in [5.41, 5.74) is 3.98. The molecule has 1 aromatic rings. The average Bonchev–Trinajstić information content (AvgIpc) is 3.13. The molecule has 29 heavy (non-hydrogen) atoms. The predicted molar refractivity (Wildman–Crippen MR) is 117 cm³/mol. The van der Waals surface area contributed by atoms with Gasteiger partial charge in [0.25, 0.3) is 0 Å². The number of guanidine groups is 1. The van der Waals surface area contributed by atoms with E-state index in [2.05, 4.69) is 72.4 Å². The van der Waals surface area contributed by atoms with Crippen LogP contribution < -0.4 is 10.8 Å². The van der Waals surface area contributed by atoms with E-state index in [1.807, 2.05) is 13.1 Å². The number of aromatic nitrogens is 1. The lowest BCUT2D eigenvalue weighted by molar-refractivity contribution is -0.109. The molecule has 0 aliphatic carbocycles. The summed E-state index contributed by atoms with van der Waals surface area (Å²) >= 11 is 0. The number of rotatable bonds is 8. The van der Waals surface area contributed by atoms with Crippen molar-refractivity contribution < 1.29 is 9.94 Å². The van der Waals surface area contributed by atoms with E-state index in [9.17, 15) is 0 Å². The Labute approximate surface area is 175 Å². The number of hydroxylamine groups is 1. The van der Waals surface area contributed by atoms with Crippen molar-refractivity contribution in [2.24, 2.45) is 10.4 Å². The lowest BCUT2D eigenvalue weighted by Crippen LogP contribution is -2.51. The molecule has 7 heteroatoms. The van der Waals surface area contributed by atoms with Gasteiger partial charge in [0.05, 0.1) is 5.60 Å². The molecule has 3 N–H and O–H groups in total. The predicted octanol–water partition coefficient (Wildman–Crippen LogP) is 3.08. The number of aryl methyl sites for hydroxylation is 1. The largest absolute Gasteiger partial charge is 0.375 e. The monoisotopic (exact) mass is 405 g/mol. The highest BCUT2D eigenvalue weighted by Crippen LogP contribution is 2.48. The van der Waals surface area contributed by atoms with Crippen LogP contribution in [-0.4, -0.2) is 59.9 Å². The fraction of sp³-hybridized carbons (Fsp3) is 0.727. The van der Waals surface area contributed by atoms with E-state index in [1.54, 1.807) is 7.05 Å². The summed E-state index contributed by atoms with van der Waals surface area (Å²) in [6, 6.07) is 4.27. The van der Waals surface area contributed by atoms with Crippen LogP contribution in [0.5, 0.6) is 0 Å². The number of nitrogens with one attached hydrogen (secondary N) is 2. The first-order valence-corrected chi connectivity index (χ1v) is 10.5. The molecule has 2 heterocycles. The van der Waals surface area contributed by atoms with E-state index in [4.69, 9.17) is 9.94 Å². The number of pyridine rings is 1. The normalized spacial score (nSPS) is 21.4. The molecule has 0 amide bonds. The lowest BCUT2D eigenvalue weighted by atomic mass is 9.70. The van der Waals surface area contributed by atoms with Crippen molar-refractivity contribution >= 4 is 5.96 Å². The summed E-state index contributed by atoms with van der Waals surface area (Å²) in [5, 5.41) is 12.3. The SMILES string of the molecule is CCOC(C)(C)[C@@]1(CCNC(=NC)NO)CCN(C(C)(C)c2ccc(C)nc2)C1. The van der Waals surface area contributed by atoms with Gasteiger partial charge in [-0.15, -0.1) is 0 Å². The van der Waals surface area contributed by atoms with Crippen LogP contribution in [0.15, 0.2) is 23.3 Å². The van der Waals surface area contributed by atoms with E-state index in [0.29, 0.717) is 19.1 Å². The van der Waals surface area contributed by atoms with Crippen LogP contribution in [0.25, 0.3) is 0 Å². The molecular formula is C22H39N5O2. The van der Waals surface area contributed by atoms with Crippen LogP contribution in [0.4, 0.5) is 0 Å². The zero-order chi connectivity index (χ0) is 21.7. The number of hydrogen-bond acceptors (Lipinski definition) is 5. The Bertz CT molecular complexity index is 687. The van der Waals surface area contributed by atoms with Gasteiger partial charge >= 0.3 is 0 Å². The Balaban J connectivity index is 2.23. The highest BCUT2D eigenvalue weighted by molar-refractivity contribution is 5.78. The number of ether oxygens (including phenoxy) is 1. The Kier molecular flexibility index (Phi) is 7.65. The molecule has 0 unspecified atom stereocenters. The maximum absolute atomic E-state index is 9.14. The fourth-order valence-electron chi connectivity index (χ4n) is 4.46. The average molecular weight is 406 g/mol. The summed E-state index contributed by atoms with van der Waals surface area (Å²) < 4.78 is 6.25. The van der Waals surface area contributed by atoms with E-state index in [-0.39, 0.29) is 16.6 Å². The molecule has 7 nitrogen and oxygen atoms in total. The van der Waals surface area contributed by atoms with Crippen molar-refractivity contribution in [3.8, 4) is 0 Å². The highest BCUT2D eigenvalue weighted by Gasteiger charge is 2.52. The van der Waals surface area contributed by atoms with Crippen molar-refractivity contribution in [1.29, 1.82) is 0 Å². The van der Waals surface area contributed by atoms with Gasteiger partial charge in [-0.2, -0.15) is 0 Å². The van der Waals surface area contributed by atoms with Crippen LogP contribution >= 0.6 is 0 Å². The summed E-state index contributed by atoms with van der Waals surface area (Å²) in [7, 11) is 1.64. The Hall–Kier alpha value is -1.70. The van der Waals surface area contributed by atoms with Gasteiger partial charge in [0.15, 0.2) is 0 Å². The van der Waals surface area contributed by atoms with E-state index in [0.717, 1.165) is 31.6 Å². The van der Waals surface area contributed by atoms with Crippen molar-refractivity contribution in [3.63, 3.8) is 0 Å². The second kappa shape index (κ2) is 9.41. The molecule has 1 fully saturated rings. The molecule has 2 rings (SSSR count). The minimum Gasteiger partial charge on any atom is -0.375 e. The van der Waals surface area contributed by atoms with Crippen LogP contribution in [0.3, 0.4) is 0 Å². The van der Waals surface area contributed by atoms with Gasteiger partial charge in [0.2, 0.25) is 5.96 Å². The van der Waals surface area contributed by atoms with E-state index in [1.165, 1.54) is 5.56 Å². The van der Waals surface area contributed by atoms with Crippen molar-refractivity contribution in [2.45, 2.75) is 65.5 Å². The first-order chi connectivity index (χ1) is 13.6. The number of likely N-dealkylation sites (tertiary alicyclic amines) is 1. The third kappa shape index (κ3) is 5.08.